The largest absolute Gasteiger partial charge is 0.383 e. The molecule has 0 fully saturated rings. The highest BCUT2D eigenvalue weighted by atomic mass is 79.9. The third-order valence-corrected chi connectivity index (χ3v) is 3.64. The van der Waals surface area contributed by atoms with Gasteiger partial charge in [-0.25, -0.2) is 9.37 Å². The highest BCUT2D eigenvalue weighted by molar-refractivity contribution is 9.10. The van der Waals surface area contributed by atoms with Crippen LogP contribution in [0, 0.1) is 5.82 Å². The molecule has 2 aromatic heterocycles. The summed E-state index contributed by atoms with van der Waals surface area (Å²) < 4.78 is 15.3. The third-order valence-electron chi connectivity index (χ3n) is 2.81. The molecule has 0 atom stereocenters. The monoisotopic (exact) mass is 339 g/mol. The van der Waals surface area contributed by atoms with E-state index in [4.69, 9.17) is 17.3 Å². The highest BCUT2D eigenvalue weighted by Crippen LogP contribution is 2.30. The number of halogens is 3. The molecule has 0 saturated heterocycles. The van der Waals surface area contributed by atoms with E-state index in [2.05, 4.69) is 20.9 Å². The van der Waals surface area contributed by atoms with Crippen molar-refractivity contribution in [1.29, 1.82) is 0 Å². The van der Waals surface area contributed by atoms with Crippen molar-refractivity contribution in [3.63, 3.8) is 0 Å². The van der Waals surface area contributed by atoms with Gasteiger partial charge in [-0.05, 0) is 46.3 Å². The van der Waals surface area contributed by atoms with Gasteiger partial charge < -0.3 is 5.73 Å². The minimum absolute atomic E-state index is 0.325. The molecule has 96 valence electrons. The van der Waals surface area contributed by atoms with Crippen molar-refractivity contribution in [2.75, 3.05) is 5.73 Å². The van der Waals surface area contributed by atoms with Crippen LogP contribution in [0.25, 0.3) is 16.9 Å². The second-order valence-electron chi connectivity index (χ2n) is 4.05. The normalized spacial score (nSPS) is 11.1. The van der Waals surface area contributed by atoms with Crippen LogP contribution in [0.5, 0.6) is 0 Å². The molecule has 0 unspecified atom stereocenters. The molecule has 1 aromatic carbocycles. The van der Waals surface area contributed by atoms with Gasteiger partial charge in [0, 0.05) is 11.8 Å². The fourth-order valence-corrected chi connectivity index (χ4v) is 2.43. The maximum absolute atomic E-state index is 13.3. The van der Waals surface area contributed by atoms with E-state index in [0.29, 0.717) is 26.7 Å². The van der Waals surface area contributed by atoms with Crippen LogP contribution in [0.3, 0.4) is 0 Å². The Balaban J connectivity index is 2.24. The van der Waals surface area contributed by atoms with E-state index in [1.807, 2.05) is 0 Å². The first-order valence-electron chi connectivity index (χ1n) is 5.45. The van der Waals surface area contributed by atoms with Crippen LogP contribution in [-0.2, 0) is 0 Å². The van der Waals surface area contributed by atoms with E-state index in [1.165, 1.54) is 6.07 Å². The number of nitrogens with two attached hydrogens (primary N) is 1. The van der Waals surface area contributed by atoms with Crippen molar-refractivity contribution >= 4 is 39.0 Å². The molecular formula is C13H8BrClFN3. The average molecular weight is 341 g/mol. The quantitative estimate of drug-likeness (QED) is 0.723. The van der Waals surface area contributed by atoms with Crippen LogP contribution in [0.4, 0.5) is 10.2 Å². The molecule has 0 spiro atoms. The van der Waals surface area contributed by atoms with Crippen LogP contribution >= 0.6 is 27.5 Å². The molecule has 2 N–H and O–H groups in total. The average Bonchev–Trinajstić information content (AvgIpc) is 2.70. The Kier molecular flexibility index (Phi) is 2.95. The van der Waals surface area contributed by atoms with Crippen molar-refractivity contribution in [3.05, 3.63) is 51.8 Å². The fourth-order valence-electron chi connectivity index (χ4n) is 1.89. The van der Waals surface area contributed by atoms with Crippen LogP contribution < -0.4 is 5.73 Å². The standard InChI is InChI=1S/C13H8BrClFN3/c14-9-5-7(1-3-10(9)16)12-13(17)19-6-8(15)2-4-11(19)18-12/h1-6H,17H2. The molecule has 0 radical (unpaired) electrons. The molecular weight excluding hydrogens is 333 g/mol. The van der Waals surface area contributed by atoms with Crippen molar-refractivity contribution in [2.45, 2.75) is 0 Å². The topological polar surface area (TPSA) is 43.3 Å². The molecule has 6 heteroatoms. The van der Waals surface area contributed by atoms with Gasteiger partial charge in [0.25, 0.3) is 0 Å². The number of fused-ring (bicyclic) bond motifs is 1. The van der Waals surface area contributed by atoms with Gasteiger partial charge in [-0.1, -0.05) is 11.6 Å². The molecule has 0 saturated carbocycles. The van der Waals surface area contributed by atoms with Gasteiger partial charge in [0.15, 0.2) is 0 Å². The summed E-state index contributed by atoms with van der Waals surface area (Å²) in [6.07, 6.45) is 1.70. The molecule has 0 amide bonds. The van der Waals surface area contributed by atoms with Crippen LogP contribution in [0.2, 0.25) is 5.02 Å². The first-order chi connectivity index (χ1) is 9.06. The maximum Gasteiger partial charge on any atom is 0.139 e. The van der Waals surface area contributed by atoms with Gasteiger partial charge in [-0.2, -0.15) is 0 Å². The Bertz CT molecular complexity index is 785. The zero-order valence-electron chi connectivity index (χ0n) is 9.57. The van der Waals surface area contributed by atoms with Gasteiger partial charge in [0.2, 0.25) is 0 Å². The number of nitrogens with zero attached hydrogens (tertiary/aromatic N) is 2. The Labute approximate surface area is 122 Å². The molecule has 0 aliphatic carbocycles. The van der Waals surface area contributed by atoms with E-state index in [0.717, 1.165) is 5.56 Å². The molecule has 19 heavy (non-hydrogen) atoms. The van der Waals surface area contributed by atoms with E-state index in [9.17, 15) is 4.39 Å². The first kappa shape index (κ1) is 12.4. The third kappa shape index (κ3) is 2.09. The Morgan fingerprint density at radius 3 is 2.79 bits per heavy atom. The van der Waals surface area contributed by atoms with Crippen molar-refractivity contribution < 1.29 is 4.39 Å². The number of benzene rings is 1. The smallest absolute Gasteiger partial charge is 0.139 e. The second kappa shape index (κ2) is 4.51. The van der Waals surface area contributed by atoms with E-state index in [-0.39, 0.29) is 5.82 Å². The summed E-state index contributed by atoms with van der Waals surface area (Å²) in [5.74, 6) is 0.144. The first-order valence-corrected chi connectivity index (χ1v) is 6.62. The minimum Gasteiger partial charge on any atom is -0.383 e. The molecule has 0 bridgehead atoms. The Morgan fingerprint density at radius 1 is 1.26 bits per heavy atom. The summed E-state index contributed by atoms with van der Waals surface area (Å²) in [4.78, 5) is 4.43. The number of hydrogen-bond acceptors (Lipinski definition) is 2. The van der Waals surface area contributed by atoms with E-state index in [1.54, 1.807) is 34.9 Å². The number of hydrogen-bond donors (Lipinski definition) is 1. The second-order valence-corrected chi connectivity index (χ2v) is 5.34. The number of anilines is 1. The lowest BCUT2D eigenvalue weighted by Gasteiger charge is -2.01. The van der Waals surface area contributed by atoms with Gasteiger partial charge in [0.1, 0.15) is 23.0 Å². The number of nitrogen functional groups attached to an aromatic ring is 1. The van der Waals surface area contributed by atoms with Crippen molar-refractivity contribution in [2.24, 2.45) is 0 Å². The molecule has 3 rings (SSSR count). The van der Waals surface area contributed by atoms with Gasteiger partial charge >= 0.3 is 0 Å². The summed E-state index contributed by atoms with van der Waals surface area (Å²) in [7, 11) is 0. The lowest BCUT2D eigenvalue weighted by Crippen LogP contribution is -1.94. The van der Waals surface area contributed by atoms with Gasteiger partial charge in [-0.3, -0.25) is 4.40 Å². The molecule has 3 nitrogen and oxygen atoms in total. The van der Waals surface area contributed by atoms with Crippen molar-refractivity contribution in [1.82, 2.24) is 9.38 Å². The molecule has 3 aromatic rings. The van der Waals surface area contributed by atoms with E-state index < -0.39 is 0 Å². The highest BCUT2D eigenvalue weighted by Gasteiger charge is 2.12. The van der Waals surface area contributed by atoms with Crippen LogP contribution in [0.1, 0.15) is 0 Å². The fraction of sp³-hybridized carbons (Fsp3) is 0. The predicted octanol–water partition coefficient (Wildman–Crippen LogP) is 4.14. The number of aromatic nitrogens is 2. The minimum atomic E-state index is -0.325. The van der Waals surface area contributed by atoms with E-state index >= 15 is 0 Å². The SMILES string of the molecule is Nc1c(-c2ccc(F)c(Br)c2)nc2ccc(Cl)cn12. The number of imidazole rings is 1. The molecule has 0 aliphatic heterocycles. The lowest BCUT2D eigenvalue weighted by molar-refractivity contribution is 0.621. The van der Waals surface area contributed by atoms with Crippen LogP contribution in [0.15, 0.2) is 41.0 Å². The Hall–Kier alpha value is -1.59. The van der Waals surface area contributed by atoms with Crippen LogP contribution in [-0.4, -0.2) is 9.38 Å². The lowest BCUT2D eigenvalue weighted by atomic mass is 10.1. The zero-order valence-corrected chi connectivity index (χ0v) is 11.9. The summed E-state index contributed by atoms with van der Waals surface area (Å²) in [6.45, 7) is 0. The summed E-state index contributed by atoms with van der Waals surface area (Å²) >= 11 is 9.08. The predicted molar refractivity (Wildman–Crippen MR) is 77.7 cm³/mol. The number of rotatable bonds is 1. The maximum atomic E-state index is 13.3. The Morgan fingerprint density at radius 2 is 2.05 bits per heavy atom. The van der Waals surface area contributed by atoms with Crippen molar-refractivity contribution in [3.8, 4) is 11.3 Å². The summed E-state index contributed by atoms with van der Waals surface area (Å²) in [5, 5.41) is 0.573. The van der Waals surface area contributed by atoms with Gasteiger partial charge in [-0.15, -0.1) is 0 Å². The summed E-state index contributed by atoms with van der Waals surface area (Å²) in [5.41, 5.74) is 8.09. The molecule has 2 heterocycles. The summed E-state index contributed by atoms with van der Waals surface area (Å²) in [6, 6.07) is 8.18. The zero-order chi connectivity index (χ0) is 13.6. The molecule has 0 aliphatic rings. The van der Waals surface area contributed by atoms with Gasteiger partial charge in [0.05, 0.1) is 9.50 Å². The number of pyridine rings is 1.